The molecule has 8 heteroatoms. The minimum Gasteiger partial charge on any atom is -0.479 e. The van der Waals surface area contributed by atoms with E-state index in [1.54, 1.807) is 18.2 Å². The third kappa shape index (κ3) is 2.45. The molecule has 1 amide bonds. The number of thiazole rings is 1. The largest absolute Gasteiger partial charge is 0.479 e. The number of fused-ring (bicyclic) bond motifs is 1. The van der Waals surface area contributed by atoms with Crippen molar-refractivity contribution in [3.05, 3.63) is 35.0 Å². The van der Waals surface area contributed by atoms with Crippen LogP contribution in [0, 0.1) is 0 Å². The first-order chi connectivity index (χ1) is 9.65. The van der Waals surface area contributed by atoms with Crippen LogP contribution in [0.4, 0.5) is 5.13 Å². The summed E-state index contributed by atoms with van der Waals surface area (Å²) in [4.78, 5) is 16.2. The van der Waals surface area contributed by atoms with Crippen LogP contribution in [0.1, 0.15) is 10.6 Å². The fourth-order valence-electron chi connectivity index (χ4n) is 1.57. The van der Waals surface area contributed by atoms with Gasteiger partial charge in [0.05, 0.1) is 23.4 Å². The number of carbonyl (C=O) groups is 1. The van der Waals surface area contributed by atoms with Crippen molar-refractivity contribution in [1.29, 1.82) is 0 Å². The molecule has 0 spiro atoms. The third-order valence-corrected chi connectivity index (χ3v) is 3.66. The average Bonchev–Trinajstić information content (AvgIpc) is 3.03. The van der Waals surface area contributed by atoms with Crippen molar-refractivity contribution in [2.75, 3.05) is 12.4 Å². The highest BCUT2D eigenvalue weighted by atomic mass is 35.5. The first-order valence-corrected chi connectivity index (χ1v) is 6.73. The van der Waals surface area contributed by atoms with E-state index in [0.717, 1.165) is 10.2 Å². The molecule has 0 bridgehead atoms. The lowest BCUT2D eigenvalue weighted by molar-refractivity contribution is 0.0987. The summed E-state index contributed by atoms with van der Waals surface area (Å²) in [6.45, 7) is 0. The molecule has 2 heterocycles. The minimum absolute atomic E-state index is 0.0548. The molecule has 6 nitrogen and oxygen atoms in total. The van der Waals surface area contributed by atoms with Crippen LogP contribution in [0.25, 0.3) is 10.2 Å². The van der Waals surface area contributed by atoms with Crippen LogP contribution >= 0.6 is 22.9 Å². The molecule has 2 aromatic heterocycles. The first-order valence-electron chi connectivity index (χ1n) is 5.54. The highest BCUT2D eigenvalue weighted by Crippen LogP contribution is 2.28. The van der Waals surface area contributed by atoms with E-state index < -0.39 is 5.91 Å². The van der Waals surface area contributed by atoms with Gasteiger partial charge in [-0.15, -0.1) is 0 Å². The number of hydrogen-bond acceptors (Lipinski definition) is 6. The summed E-state index contributed by atoms with van der Waals surface area (Å²) in [6.07, 6.45) is 0. The molecule has 0 fully saturated rings. The molecular weight excluding hydrogens is 302 g/mol. The zero-order chi connectivity index (χ0) is 14.1. The quantitative estimate of drug-likeness (QED) is 0.804. The number of hydrogen-bond donors (Lipinski definition) is 1. The van der Waals surface area contributed by atoms with Gasteiger partial charge in [0, 0.05) is 5.02 Å². The van der Waals surface area contributed by atoms with Crippen molar-refractivity contribution in [2.24, 2.45) is 0 Å². The summed E-state index contributed by atoms with van der Waals surface area (Å²) in [5.74, 6) is -0.142. The molecule has 0 atom stereocenters. The molecule has 0 saturated heterocycles. The van der Waals surface area contributed by atoms with E-state index in [9.17, 15) is 4.79 Å². The molecule has 3 aromatic rings. The van der Waals surface area contributed by atoms with Crippen LogP contribution in [0.2, 0.25) is 5.02 Å². The lowest BCUT2D eigenvalue weighted by Crippen LogP contribution is -2.10. The highest BCUT2D eigenvalue weighted by Gasteiger charge is 2.15. The molecule has 3 rings (SSSR count). The number of nitrogens with one attached hydrogen (secondary N) is 1. The van der Waals surface area contributed by atoms with E-state index in [1.165, 1.54) is 24.5 Å². The molecule has 0 aliphatic heterocycles. The number of aromatic nitrogens is 2. The minimum atomic E-state index is -0.439. The predicted octanol–water partition coefficient (Wildman–Crippen LogP) is 3.20. The van der Waals surface area contributed by atoms with Crippen LogP contribution in [0.5, 0.6) is 5.88 Å². The molecule has 0 aliphatic rings. The van der Waals surface area contributed by atoms with Gasteiger partial charge in [0.25, 0.3) is 11.8 Å². The summed E-state index contributed by atoms with van der Waals surface area (Å²) in [7, 11) is 1.44. The molecule has 1 N–H and O–H groups in total. The van der Waals surface area contributed by atoms with Crippen molar-refractivity contribution in [2.45, 2.75) is 0 Å². The predicted molar refractivity (Wildman–Crippen MR) is 75.6 cm³/mol. The van der Waals surface area contributed by atoms with Gasteiger partial charge < -0.3 is 9.26 Å². The number of nitrogens with zero attached hydrogens (tertiary/aromatic N) is 2. The fraction of sp³-hybridized carbons (Fsp3) is 0.0833. The second-order valence-electron chi connectivity index (χ2n) is 3.82. The van der Waals surface area contributed by atoms with Gasteiger partial charge in [-0.3, -0.25) is 10.1 Å². The smallest absolute Gasteiger partial charge is 0.296 e. The van der Waals surface area contributed by atoms with E-state index in [-0.39, 0.29) is 11.6 Å². The maximum atomic E-state index is 11.9. The van der Waals surface area contributed by atoms with E-state index >= 15 is 0 Å². The number of halogens is 1. The summed E-state index contributed by atoms with van der Waals surface area (Å²) in [5.41, 5.74) is 0.768. The molecule has 1 aromatic carbocycles. The highest BCUT2D eigenvalue weighted by molar-refractivity contribution is 7.22. The molecule has 102 valence electrons. The van der Waals surface area contributed by atoms with Gasteiger partial charge in [-0.1, -0.05) is 22.9 Å². The van der Waals surface area contributed by atoms with Crippen molar-refractivity contribution in [3.63, 3.8) is 0 Å². The van der Waals surface area contributed by atoms with Gasteiger partial charge in [-0.2, -0.15) is 0 Å². The Labute approximate surface area is 122 Å². The van der Waals surface area contributed by atoms with Gasteiger partial charge in [0.2, 0.25) is 5.76 Å². The summed E-state index contributed by atoms with van der Waals surface area (Å²) >= 11 is 7.23. The summed E-state index contributed by atoms with van der Waals surface area (Å²) in [5, 5.41) is 7.28. The molecule has 20 heavy (non-hydrogen) atoms. The lowest BCUT2D eigenvalue weighted by Gasteiger charge is -1.95. The van der Waals surface area contributed by atoms with Crippen molar-refractivity contribution in [3.8, 4) is 5.88 Å². The van der Waals surface area contributed by atoms with Crippen LogP contribution < -0.4 is 10.1 Å². The number of ether oxygens (including phenoxy) is 1. The summed E-state index contributed by atoms with van der Waals surface area (Å²) in [6, 6.07) is 6.74. The van der Waals surface area contributed by atoms with Crippen molar-refractivity contribution < 1.29 is 14.1 Å². The van der Waals surface area contributed by atoms with E-state index in [2.05, 4.69) is 15.5 Å². The molecule has 0 aliphatic carbocycles. The zero-order valence-electron chi connectivity index (χ0n) is 10.2. The van der Waals surface area contributed by atoms with Crippen LogP contribution in [0.3, 0.4) is 0 Å². The monoisotopic (exact) mass is 309 g/mol. The standard InChI is InChI=1S/C12H8ClN3O3S/c1-18-10-5-8(19-16-10)11(17)15-12-14-7-3-2-6(13)4-9(7)20-12/h2-5H,1H3,(H,14,15,17). The average molecular weight is 310 g/mol. The molecule has 0 radical (unpaired) electrons. The zero-order valence-corrected chi connectivity index (χ0v) is 11.8. The number of anilines is 1. The Morgan fingerprint density at radius 3 is 3.05 bits per heavy atom. The van der Waals surface area contributed by atoms with E-state index in [0.29, 0.717) is 10.2 Å². The Bertz CT molecular complexity index is 783. The number of methoxy groups -OCH3 is 1. The molecule has 0 saturated carbocycles. The topological polar surface area (TPSA) is 77.2 Å². The second-order valence-corrected chi connectivity index (χ2v) is 5.29. The van der Waals surface area contributed by atoms with Gasteiger partial charge >= 0.3 is 0 Å². The molecule has 0 unspecified atom stereocenters. The van der Waals surface area contributed by atoms with Gasteiger partial charge in [-0.05, 0) is 23.4 Å². The van der Waals surface area contributed by atoms with Crippen LogP contribution in [0.15, 0.2) is 28.8 Å². The normalized spacial score (nSPS) is 10.7. The number of carbonyl (C=O) groups excluding carboxylic acids is 1. The maximum Gasteiger partial charge on any atom is 0.296 e. The van der Waals surface area contributed by atoms with Crippen LogP contribution in [-0.2, 0) is 0 Å². The van der Waals surface area contributed by atoms with Crippen LogP contribution in [-0.4, -0.2) is 23.2 Å². The fourth-order valence-corrected chi connectivity index (χ4v) is 2.71. The molecular formula is C12H8ClN3O3S. The number of benzene rings is 1. The Balaban J connectivity index is 1.83. The van der Waals surface area contributed by atoms with Gasteiger partial charge in [0.15, 0.2) is 5.13 Å². The Morgan fingerprint density at radius 2 is 2.30 bits per heavy atom. The number of rotatable bonds is 3. The van der Waals surface area contributed by atoms with E-state index in [1.807, 2.05) is 0 Å². The number of amides is 1. The maximum absolute atomic E-state index is 11.9. The van der Waals surface area contributed by atoms with Crippen molar-refractivity contribution >= 4 is 44.2 Å². The van der Waals surface area contributed by atoms with E-state index in [4.69, 9.17) is 20.9 Å². The van der Waals surface area contributed by atoms with Gasteiger partial charge in [-0.25, -0.2) is 4.98 Å². The Hall–Kier alpha value is -2.12. The lowest BCUT2D eigenvalue weighted by atomic mass is 10.3. The Kier molecular flexibility index (Phi) is 3.29. The second kappa shape index (κ2) is 5.10. The Morgan fingerprint density at radius 1 is 1.45 bits per heavy atom. The first kappa shape index (κ1) is 12.9. The SMILES string of the molecule is COc1cc(C(=O)Nc2nc3ccc(Cl)cc3s2)on1. The third-order valence-electron chi connectivity index (χ3n) is 2.49. The van der Waals surface area contributed by atoms with Crippen molar-refractivity contribution in [1.82, 2.24) is 10.1 Å². The van der Waals surface area contributed by atoms with Gasteiger partial charge in [0.1, 0.15) is 0 Å². The summed E-state index contributed by atoms with van der Waals surface area (Å²) < 4.78 is 10.6.